The third-order valence-electron chi connectivity index (χ3n) is 2.37. The number of thiocarbonyl (C=S) groups is 1. The first-order valence-electron chi connectivity index (χ1n) is 5.32. The van der Waals surface area contributed by atoms with Gasteiger partial charge in [0.2, 0.25) is 0 Å². The van der Waals surface area contributed by atoms with Crippen molar-refractivity contribution in [1.82, 2.24) is 9.80 Å². The Balaban J connectivity index is -0.0000000110. The maximum absolute atomic E-state index is 10.8. The molecule has 0 aromatic heterocycles. The smallest absolute Gasteiger partial charge is 0.166 e. The molecule has 2 aliphatic rings. The number of imide groups is 2. The second-order valence-electron chi connectivity index (χ2n) is 3.84. The fraction of sp³-hybridized carbons (Fsp3) is 0.400. The van der Waals surface area contributed by atoms with E-state index in [4.69, 9.17) is 0 Å². The van der Waals surface area contributed by atoms with Crippen LogP contribution in [-0.2, 0) is 543 Å². The third-order valence-corrected chi connectivity index (χ3v) is 2.73. The fourth-order valence-corrected chi connectivity index (χ4v) is 1.36. The molecule has 0 aliphatic carbocycles. The van der Waals surface area contributed by atoms with Crippen LogP contribution in [0.4, 0.5) is 4.79 Å². The standard InChI is InChI=1S/C5H6N2O3.C5H6N2O2S.16Y/c2*1-7-4(9)2-3(8)6-5(7)10;;;;;;;;;;;;;;;;/h2*2H2,1H3,(H,6,8,10);;;;;;;;;;;;;;;;/p-2. The number of nitrogens with zero attached hydrogens (tertiary/aromatic N) is 4. The van der Waals surface area contributed by atoms with Crippen molar-refractivity contribution in [3.8, 4) is 0 Å². The molecule has 6 amide bonds. The van der Waals surface area contributed by atoms with E-state index in [9.17, 15) is 24.0 Å². The molecule has 0 N–H and O–H groups in total. The fourth-order valence-electron chi connectivity index (χ4n) is 1.15. The molecule has 2 heterocycles. The number of carbonyl (C=O) groups excluding carboxylic acids is 5. The Morgan fingerprint density at radius 1 is 0.500 bits per heavy atom. The molecule has 0 saturated carbocycles. The van der Waals surface area contributed by atoms with E-state index < -0.39 is 23.8 Å². The maximum Gasteiger partial charge on any atom is 0.166 e. The molecule has 2 rings (SSSR count). The minimum atomic E-state index is -0.777. The maximum atomic E-state index is 10.8. The van der Waals surface area contributed by atoms with E-state index in [0.29, 0.717) is 0 Å². The summed E-state index contributed by atoms with van der Waals surface area (Å²) in [6.07, 6.45) is -0.446. The minimum Gasteiger partial charge on any atom is -0.408 e. The Morgan fingerprint density at radius 2 is 0.750 bits per heavy atom. The zero-order chi connectivity index (χ0) is 15.4. The Hall–Kier alpha value is 15.3. The molecular weight excluding hydrogens is 1710 g/mol. The number of amides is 6. The van der Waals surface area contributed by atoms with Crippen LogP contribution < -0.4 is 0 Å². The van der Waals surface area contributed by atoms with Gasteiger partial charge < -0.3 is 20.4 Å². The first-order chi connectivity index (χ1) is 9.22. The van der Waals surface area contributed by atoms with E-state index >= 15 is 0 Å². The summed E-state index contributed by atoms with van der Waals surface area (Å²) in [5.74, 6) is -1.89. The molecule has 36 heavy (non-hydrogen) atoms. The van der Waals surface area contributed by atoms with Crippen molar-refractivity contribution in [2.75, 3.05) is 14.1 Å². The molecule has 9 nitrogen and oxygen atoms in total. The molecule has 0 aromatic carbocycles. The SMILES string of the molecule is CN1C(=O)CC(=O)[N-]C1=O.CN1C(=O)CC(=O)[N-]C1=S.[Y].[Y].[Y].[Y].[Y].[Y].[Y].[Y].[Y].[Y].[Y].[Y].[Y].[Y].[Y].[Y]. The van der Waals surface area contributed by atoms with E-state index in [1.807, 2.05) is 0 Å². The molecule has 0 aromatic rings. The van der Waals surface area contributed by atoms with Crippen LogP contribution >= 0.6 is 12.2 Å². The molecule has 2 aliphatic heterocycles. The van der Waals surface area contributed by atoms with Crippen molar-refractivity contribution >= 4 is 47.0 Å². The van der Waals surface area contributed by atoms with Gasteiger partial charge in [-0.3, -0.25) is 24.0 Å². The first kappa shape index (κ1) is 104. The molecule has 0 bridgehead atoms. The largest absolute Gasteiger partial charge is 0.408 e. The zero-order valence-corrected chi connectivity index (χ0v) is 66.1. The predicted octanol–water partition coefficient (Wildman–Crippen LogP) is -0.137. The monoisotopic (exact) mass is 1720 g/mol. The summed E-state index contributed by atoms with van der Waals surface area (Å²) in [4.78, 5) is 54.9. The molecule has 16 radical (unpaired) electrons. The van der Waals surface area contributed by atoms with Gasteiger partial charge in [0.25, 0.3) is 0 Å². The second kappa shape index (κ2) is 65.2. The molecule has 2 fully saturated rings. The predicted molar refractivity (Wildman–Crippen MR) is 69.5 cm³/mol. The van der Waals surface area contributed by atoms with Crippen LogP contribution in [0.1, 0.15) is 12.8 Å². The Morgan fingerprint density at radius 3 is 1.00 bits per heavy atom. The van der Waals surface area contributed by atoms with Crippen LogP contribution in [0.25, 0.3) is 10.6 Å². The van der Waals surface area contributed by atoms with Crippen LogP contribution in [0.3, 0.4) is 0 Å². The zero-order valence-electron chi connectivity index (χ0n) is 19.9. The van der Waals surface area contributed by atoms with Gasteiger partial charge in [-0.1, -0.05) is 26.3 Å². The van der Waals surface area contributed by atoms with Crippen molar-refractivity contribution in [2.45, 2.75) is 12.8 Å². The molecule has 0 spiro atoms. The number of barbiturate groups is 1. The van der Waals surface area contributed by atoms with Crippen molar-refractivity contribution in [3.63, 3.8) is 0 Å². The van der Waals surface area contributed by atoms with Gasteiger partial charge in [-0.05, 0) is 0 Å². The van der Waals surface area contributed by atoms with Gasteiger partial charge in [0.15, 0.2) is 29.7 Å². The van der Waals surface area contributed by atoms with E-state index in [-0.39, 0.29) is 547 Å². The van der Waals surface area contributed by atoms with E-state index in [0.717, 1.165) is 4.90 Å². The number of hydrogen-bond donors (Lipinski definition) is 0. The average Bonchev–Trinajstić information content (AvgIpc) is 2.33. The van der Waals surface area contributed by atoms with Gasteiger partial charge in [-0.15, -0.1) is 0 Å². The second-order valence-corrected chi connectivity index (χ2v) is 4.20. The summed E-state index contributed by atoms with van der Waals surface area (Å²) in [6.45, 7) is 0. The van der Waals surface area contributed by atoms with Crippen molar-refractivity contribution in [3.05, 3.63) is 10.6 Å². The quantitative estimate of drug-likeness (QED) is 0.247. The van der Waals surface area contributed by atoms with Crippen LogP contribution in [0.15, 0.2) is 0 Å². The first-order valence-corrected chi connectivity index (χ1v) is 5.73. The van der Waals surface area contributed by atoms with Crippen LogP contribution in [0.2, 0.25) is 0 Å². The molecular formula is C10H10N4O5SY16-2. The van der Waals surface area contributed by atoms with Gasteiger partial charge in [0.05, 0.1) is 12.8 Å². The van der Waals surface area contributed by atoms with Gasteiger partial charge >= 0.3 is 0 Å². The number of urea groups is 1. The van der Waals surface area contributed by atoms with Crippen molar-refractivity contribution in [2.24, 2.45) is 0 Å². The third kappa shape index (κ3) is 51.4. The van der Waals surface area contributed by atoms with Gasteiger partial charge in [0, 0.05) is 528 Å². The summed E-state index contributed by atoms with van der Waals surface area (Å²) in [5, 5.41) is 6.51. The molecule has 0 unspecified atom stereocenters. The molecule has 26 heteroatoms. The Bertz CT molecular complexity index is 467. The average molecular weight is 1720 g/mol. The van der Waals surface area contributed by atoms with E-state index in [1.165, 1.54) is 19.0 Å². The summed E-state index contributed by atoms with van der Waals surface area (Å²) >= 11 is 4.60. The van der Waals surface area contributed by atoms with Crippen LogP contribution in [0.5, 0.6) is 0 Å². The Kier molecular flexibility index (Phi) is 189. The van der Waals surface area contributed by atoms with Crippen LogP contribution in [0, 0.1) is 0 Å². The number of rotatable bonds is 0. The van der Waals surface area contributed by atoms with Gasteiger partial charge in [-0.2, -0.15) is 0 Å². The van der Waals surface area contributed by atoms with Crippen molar-refractivity contribution in [1.29, 1.82) is 0 Å². The summed E-state index contributed by atoms with van der Waals surface area (Å²) < 4.78 is 0. The molecule has 0 atom stereocenters. The topological polar surface area (TPSA) is 120 Å². The number of hydrogen-bond acceptors (Lipinski definition) is 6. The normalized spacial score (nSPS) is 10.7. The van der Waals surface area contributed by atoms with E-state index in [1.54, 1.807) is 0 Å². The Labute approximate surface area is 621 Å². The summed E-state index contributed by atoms with van der Waals surface area (Å²) in [6, 6.07) is -0.777. The summed E-state index contributed by atoms with van der Waals surface area (Å²) in [7, 11) is 2.79. The van der Waals surface area contributed by atoms with Gasteiger partial charge in [0.1, 0.15) is 0 Å². The molecule has 2 saturated heterocycles. The van der Waals surface area contributed by atoms with Crippen molar-refractivity contribution < 1.29 is 547 Å². The van der Waals surface area contributed by atoms with Gasteiger partial charge in [-0.25, -0.2) is 0 Å². The van der Waals surface area contributed by atoms with E-state index in [2.05, 4.69) is 22.9 Å². The number of carbonyl (C=O) groups is 5. The summed E-state index contributed by atoms with van der Waals surface area (Å²) in [5.41, 5.74) is 0. The minimum absolute atomic E-state index is 0. The molecule has 156 valence electrons. The van der Waals surface area contributed by atoms with Crippen LogP contribution in [-0.4, -0.2) is 58.7 Å².